The Morgan fingerprint density at radius 3 is 2.70 bits per heavy atom. The van der Waals surface area contributed by atoms with Gasteiger partial charge in [0.25, 0.3) is 0 Å². The summed E-state index contributed by atoms with van der Waals surface area (Å²) in [5, 5.41) is 12.1. The summed E-state index contributed by atoms with van der Waals surface area (Å²) >= 11 is 0. The molecule has 2 amide bonds. The summed E-state index contributed by atoms with van der Waals surface area (Å²) in [4.78, 5) is 13.9. The molecule has 0 aliphatic carbocycles. The maximum absolute atomic E-state index is 12.1. The van der Waals surface area contributed by atoms with Crippen LogP contribution < -0.4 is 5.32 Å². The largest absolute Gasteiger partial charge is 0.396 e. The third-order valence-corrected chi connectivity index (χ3v) is 4.06. The second kappa shape index (κ2) is 6.75. The molecular weight excluding hydrogens is 252 g/mol. The molecule has 4 nitrogen and oxygen atoms in total. The smallest absolute Gasteiger partial charge is 0.317 e. The summed E-state index contributed by atoms with van der Waals surface area (Å²) in [6.45, 7) is 5.68. The third-order valence-electron chi connectivity index (χ3n) is 4.06. The van der Waals surface area contributed by atoms with Crippen LogP contribution in [0.2, 0.25) is 0 Å². The van der Waals surface area contributed by atoms with Crippen LogP contribution in [0.3, 0.4) is 0 Å². The molecule has 1 aliphatic heterocycles. The number of carbonyl (C=O) groups excluding carboxylic acids is 1. The molecule has 1 saturated heterocycles. The molecule has 0 aromatic heterocycles. The average molecular weight is 276 g/mol. The van der Waals surface area contributed by atoms with E-state index in [-0.39, 0.29) is 24.6 Å². The van der Waals surface area contributed by atoms with Crippen molar-refractivity contribution in [2.24, 2.45) is 5.92 Å². The molecule has 20 heavy (non-hydrogen) atoms. The number of hydrogen-bond donors (Lipinski definition) is 2. The van der Waals surface area contributed by atoms with Crippen LogP contribution in [0.25, 0.3) is 0 Å². The highest BCUT2D eigenvalue weighted by molar-refractivity contribution is 5.75. The topological polar surface area (TPSA) is 52.6 Å². The van der Waals surface area contributed by atoms with Crippen molar-refractivity contribution in [3.05, 3.63) is 35.4 Å². The van der Waals surface area contributed by atoms with Gasteiger partial charge < -0.3 is 15.3 Å². The Labute approximate surface area is 120 Å². The maximum Gasteiger partial charge on any atom is 0.317 e. The van der Waals surface area contributed by atoms with Gasteiger partial charge in [-0.2, -0.15) is 0 Å². The summed E-state index contributed by atoms with van der Waals surface area (Å²) < 4.78 is 0. The summed E-state index contributed by atoms with van der Waals surface area (Å²) in [5.74, 6) is 0.236. The van der Waals surface area contributed by atoms with Gasteiger partial charge in [0, 0.05) is 25.6 Å². The van der Waals surface area contributed by atoms with E-state index in [0.29, 0.717) is 6.54 Å². The molecule has 0 radical (unpaired) electrons. The lowest BCUT2D eigenvalue weighted by atomic mass is 10.1. The number of benzene rings is 1. The van der Waals surface area contributed by atoms with Gasteiger partial charge in [0.15, 0.2) is 0 Å². The van der Waals surface area contributed by atoms with Crippen LogP contribution in [0.1, 0.15) is 37.4 Å². The Bertz CT molecular complexity index is 444. The molecule has 0 spiro atoms. The number of hydrogen-bond acceptors (Lipinski definition) is 2. The molecule has 2 N–H and O–H groups in total. The van der Waals surface area contributed by atoms with Crippen LogP contribution in [0, 0.1) is 5.92 Å². The monoisotopic (exact) mass is 276 g/mol. The van der Waals surface area contributed by atoms with Crippen molar-refractivity contribution in [3.63, 3.8) is 0 Å². The first kappa shape index (κ1) is 14.9. The Morgan fingerprint density at radius 2 is 2.15 bits per heavy atom. The molecule has 2 unspecified atom stereocenters. The number of urea groups is 1. The van der Waals surface area contributed by atoms with E-state index >= 15 is 0 Å². The predicted molar refractivity (Wildman–Crippen MR) is 79.5 cm³/mol. The number of aliphatic hydroxyl groups is 1. The molecule has 1 aromatic rings. The second-order valence-corrected chi connectivity index (χ2v) is 5.55. The third kappa shape index (κ3) is 3.51. The van der Waals surface area contributed by atoms with Crippen molar-refractivity contribution in [2.45, 2.75) is 32.7 Å². The summed E-state index contributed by atoms with van der Waals surface area (Å²) in [5.41, 5.74) is 2.42. The number of aryl methyl sites for hydroxylation is 1. The molecule has 1 fully saturated rings. The molecule has 2 atom stereocenters. The van der Waals surface area contributed by atoms with E-state index in [9.17, 15) is 4.79 Å². The highest BCUT2D eigenvalue weighted by atomic mass is 16.3. The Hall–Kier alpha value is -1.55. The molecule has 110 valence electrons. The van der Waals surface area contributed by atoms with Gasteiger partial charge in [-0.1, -0.05) is 31.2 Å². The Kier molecular flexibility index (Phi) is 5.01. The number of nitrogens with zero attached hydrogens (tertiary/aromatic N) is 1. The molecule has 1 aliphatic rings. The van der Waals surface area contributed by atoms with Gasteiger partial charge in [-0.05, 0) is 30.9 Å². The van der Waals surface area contributed by atoms with E-state index in [4.69, 9.17) is 5.11 Å². The minimum Gasteiger partial charge on any atom is -0.396 e. The van der Waals surface area contributed by atoms with Crippen LogP contribution in [0.4, 0.5) is 4.79 Å². The molecule has 4 heteroatoms. The van der Waals surface area contributed by atoms with Crippen molar-refractivity contribution < 1.29 is 9.90 Å². The van der Waals surface area contributed by atoms with Crippen LogP contribution in [0.15, 0.2) is 24.3 Å². The van der Waals surface area contributed by atoms with E-state index in [0.717, 1.165) is 24.9 Å². The van der Waals surface area contributed by atoms with Gasteiger partial charge in [0.05, 0.1) is 6.04 Å². The lowest BCUT2D eigenvalue weighted by Crippen LogP contribution is -2.39. The number of carbonyl (C=O) groups is 1. The van der Waals surface area contributed by atoms with Gasteiger partial charge >= 0.3 is 6.03 Å². The number of amides is 2. The molecule has 1 heterocycles. The standard InChI is InChI=1S/C16H24N2O2/c1-3-13-4-6-15(7-5-13)12(2)17-16(20)18-9-8-14(10-18)11-19/h4-7,12,14,19H,3,8-11H2,1-2H3,(H,17,20). The summed E-state index contributed by atoms with van der Waals surface area (Å²) in [6, 6.07) is 8.33. The van der Waals surface area contributed by atoms with E-state index in [2.05, 4.69) is 36.5 Å². The van der Waals surface area contributed by atoms with Crippen LogP contribution in [-0.4, -0.2) is 35.7 Å². The van der Waals surface area contributed by atoms with Gasteiger partial charge in [0.1, 0.15) is 0 Å². The average Bonchev–Trinajstić information content (AvgIpc) is 2.96. The van der Waals surface area contributed by atoms with Crippen molar-refractivity contribution in [2.75, 3.05) is 19.7 Å². The summed E-state index contributed by atoms with van der Waals surface area (Å²) in [6.07, 6.45) is 1.92. The van der Waals surface area contributed by atoms with Crippen molar-refractivity contribution in [1.82, 2.24) is 10.2 Å². The molecular formula is C16H24N2O2. The Morgan fingerprint density at radius 1 is 1.45 bits per heavy atom. The number of rotatable bonds is 4. The normalized spacial score (nSPS) is 19.9. The molecule has 0 bridgehead atoms. The zero-order chi connectivity index (χ0) is 14.5. The highest BCUT2D eigenvalue weighted by Gasteiger charge is 2.26. The fourth-order valence-electron chi connectivity index (χ4n) is 2.57. The zero-order valence-electron chi connectivity index (χ0n) is 12.3. The minimum absolute atomic E-state index is 0.00147. The first-order valence-corrected chi connectivity index (χ1v) is 7.39. The zero-order valence-corrected chi connectivity index (χ0v) is 12.3. The predicted octanol–water partition coefficient (Wildman–Crippen LogP) is 2.33. The molecule has 2 rings (SSSR count). The first-order chi connectivity index (χ1) is 9.63. The number of likely N-dealkylation sites (tertiary alicyclic amines) is 1. The van der Waals surface area contributed by atoms with E-state index in [1.54, 1.807) is 4.90 Å². The first-order valence-electron chi connectivity index (χ1n) is 7.39. The Balaban J connectivity index is 1.90. The molecule has 0 saturated carbocycles. The van der Waals surface area contributed by atoms with Crippen LogP contribution in [0.5, 0.6) is 0 Å². The van der Waals surface area contributed by atoms with Crippen LogP contribution >= 0.6 is 0 Å². The van der Waals surface area contributed by atoms with Crippen LogP contribution in [-0.2, 0) is 6.42 Å². The van der Waals surface area contributed by atoms with E-state index in [1.165, 1.54) is 5.56 Å². The van der Waals surface area contributed by atoms with Crippen molar-refractivity contribution in [1.29, 1.82) is 0 Å². The lowest BCUT2D eigenvalue weighted by Gasteiger charge is -2.21. The van der Waals surface area contributed by atoms with Crippen molar-refractivity contribution >= 4 is 6.03 Å². The fourth-order valence-corrected chi connectivity index (χ4v) is 2.57. The van der Waals surface area contributed by atoms with Crippen molar-refractivity contribution in [3.8, 4) is 0 Å². The van der Waals surface area contributed by atoms with E-state index < -0.39 is 0 Å². The number of nitrogens with one attached hydrogen (secondary N) is 1. The number of aliphatic hydroxyl groups excluding tert-OH is 1. The maximum atomic E-state index is 12.1. The van der Waals surface area contributed by atoms with Gasteiger partial charge in [0.2, 0.25) is 0 Å². The second-order valence-electron chi connectivity index (χ2n) is 5.55. The lowest BCUT2D eigenvalue weighted by molar-refractivity contribution is 0.195. The van der Waals surface area contributed by atoms with Gasteiger partial charge in [-0.3, -0.25) is 0 Å². The van der Waals surface area contributed by atoms with Gasteiger partial charge in [-0.15, -0.1) is 0 Å². The van der Waals surface area contributed by atoms with E-state index in [1.807, 2.05) is 6.92 Å². The summed E-state index contributed by atoms with van der Waals surface area (Å²) in [7, 11) is 0. The fraction of sp³-hybridized carbons (Fsp3) is 0.562. The SMILES string of the molecule is CCc1ccc(C(C)NC(=O)N2CCC(CO)C2)cc1. The van der Waals surface area contributed by atoms with Gasteiger partial charge in [-0.25, -0.2) is 4.79 Å². The highest BCUT2D eigenvalue weighted by Crippen LogP contribution is 2.18. The minimum atomic E-state index is -0.0342. The quantitative estimate of drug-likeness (QED) is 0.887. The molecule has 1 aromatic carbocycles.